The number of carbonyl (C=O) groups excluding carboxylic acids is 2. The molecule has 11 heteroatoms. The van der Waals surface area contributed by atoms with Gasteiger partial charge in [-0.05, 0) is 63.6 Å². The van der Waals surface area contributed by atoms with Gasteiger partial charge in [-0.15, -0.1) is 0 Å². The second kappa shape index (κ2) is 10.4. The summed E-state index contributed by atoms with van der Waals surface area (Å²) in [6.45, 7) is 8.26. The Kier molecular flexibility index (Phi) is 7.11. The second-order valence-corrected chi connectivity index (χ2v) is 8.27. The number of nitrogens with one attached hydrogen (secondary N) is 2. The van der Waals surface area contributed by atoms with Gasteiger partial charge in [0.05, 0.1) is 5.69 Å². The number of carbonyl (C=O) groups is 2. The number of aromatic nitrogens is 4. The maximum Gasteiger partial charge on any atom is 0.323 e. The van der Waals surface area contributed by atoms with Crippen molar-refractivity contribution in [3.05, 3.63) is 76.8 Å². The Labute approximate surface area is 207 Å². The highest BCUT2D eigenvalue weighted by Gasteiger charge is 2.18. The smallest absolute Gasteiger partial charge is 0.323 e. The number of amides is 3. The van der Waals surface area contributed by atoms with Crippen molar-refractivity contribution in [3.8, 4) is 17.4 Å². The fraction of sp³-hybridized carbons (Fsp3) is 0.240. The summed E-state index contributed by atoms with van der Waals surface area (Å²) < 4.78 is 7.40. The molecule has 1 aromatic carbocycles. The van der Waals surface area contributed by atoms with Crippen molar-refractivity contribution in [2.24, 2.45) is 0 Å². The molecule has 0 aliphatic rings. The van der Waals surface area contributed by atoms with Gasteiger partial charge in [-0.1, -0.05) is 12.1 Å². The molecule has 0 fully saturated rings. The van der Waals surface area contributed by atoms with Crippen LogP contribution in [0.25, 0.3) is 17.4 Å². The molecule has 0 aliphatic carbocycles. The van der Waals surface area contributed by atoms with Crippen LogP contribution in [0.1, 0.15) is 40.0 Å². The molecule has 11 nitrogen and oxygen atoms in total. The van der Waals surface area contributed by atoms with Crippen LogP contribution in [0.5, 0.6) is 0 Å². The minimum absolute atomic E-state index is 0.301. The quantitative estimate of drug-likeness (QED) is 0.263. The molecule has 4 rings (SSSR count). The Morgan fingerprint density at radius 1 is 1.06 bits per heavy atom. The summed E-state index contributed by atoms with van der Waals surface area (Å²) in [7, 11) is 0. The zero-order chi connectivity index (χ0) is 25.8. The highest BCUT2D eigenvalue weighted by molar-refractivity contribution is 5.93. The van der Waals surface area contributed by atoms with Gasteiger partial charge in [0.15, 0.2) is 17.4 Å². The standard InChI is InChI=1S/C25H27N7O4/c1-5-31(14-18-7-9-19(10-8-18)24(33)30-35)25(34)27-21-13-22(32-16(3)12-15(2)29-32)28-23(26-21)20-11-6-17(4)36-20/h6-13,35H,5,14H2,1-4H3,(H,30,33)(H,26,27,28,34). The molecule has 0 radical (unpaired) electrons. The van der Waals surface area contributed by atoms with Crippen molar-refractivity contribution in [2.75, 3.05) is 11.9 Å². The summed E-state index contributed by atoms with van der Waals surface area (Å²) in [5.41, 5.74) is 4.46. The van der Waals surface area contributed by atoms with Gasteiger partial charge in [-0.2, -0.15) is 5.10 Å². The maximum atomic E-state index is 13.2. The van der Waals surface area contributed by atoms with Crippen molar-refractivity contribution in [3.63, 3.8) is 0 Å². The Balaban J connectivity index is 1.60. The average molecular weight is 490 g/mol. The van der Waals surface area contributed by atoms with Gasteiger partial charge in [-0.25, -0.2) is 24.9 Å². The molecule has 3 aromatic heterocycles. The molecule has 3 amide bonds. The molecule has 0 saturated heterocycles. The number of hydrogen-bond donors (Lipinski definition) is 3. The zero-order valence-electron chi connectivity index (χ0n) is 20.4. The minimum atomic E-state index is -0.601. The number of anilines is 1. The number of urea groups is 1. The van der Waals surface area contributed by atoms with E-state index in [2.05, 4.69) is 20.4 Å². The molecule has 0 atom stereocenters. The summed E-state index contributed by atoms with van der Waals surface area (Å²) in [4.78, 5) is 35.4. The predicted molar refractivity (Wildman–Crippen MR) is 132 cm³/mol. The van der Waals surface area contributed by atoms with Crippen LogP contribution < -0.4 is 10.8 Å². The third kappa shape index (κ3) is 5.41. The molecule has 0 aliphatic heterocycles. The Morgan fingerprint density at radius 2 is 1.81 bits per heavy atom. The van der Waals surface area contributed by atoms with Crippen LogP contribution in [0.15, 0.2) is 52.9 Å². The summed E-state index contributed by atoms with van der Waals surface area (Å²) in [5, 5.41) is 16.1. The van der Waals surface area contributed by atoms with Crippen molar-refractivity contribution < 1.29 is 19.2 Å². The molecule has 0 spiro atoms. The number of rotatable bonds is 7. The molecule has 3 heterocycles. The lowest BCUT2D eigenvalue weighted by Gasteiger charge is -2.21. The minimum Gasteiger partial charge on any atom is -0.458 e. The van der Waals surface area contributed by atoms with Crippen LogP contribution in [0.3, 0.4) is 0 Å². The lowest BCUT2D eigenvalue weighted by molar-refractivity contribution is 0.0706. The van der Waals surface area contributed by atoms with E-state index in [-0.39, 0.29) is 6.03 Å². The van der Waals surface area contributed by atoms with Crippen molar-refractivity contribution in [1.29, 1.82) is 0 Å². The van der Waals surface area contributed by atoms with E-state index < -0.39 is 5.91 Å². The van der Waals surface area contributed by atoms with Crippen LogP contribution in [-0.2, 0) is 6.54 Å². The highest BCUT2D eigenvalue weighted by atomic mass is 16.5. The maximum absolute atomic E-state index is 13.2. The van der Waals surface area contributed by atoms with Crippen LogP contribution in [0.2, 0.25) is 0 Å². The van der Waals surface area contributed by atoms with E-state index in [1.165, 1.54) is 0 Å². The predicted octanol–water partition coefficient (Wildman–Crippen LogP) is 4.02. The van der Waals surface area contributed by atoms with Crippen molar-refractivity contribution >= 4 is 17.8 Å². The van der Waals surface area contributed by atoms with E-state index in [0.29, 0.717) is 41.9 Å². The Morgan fingerprint density at radius 3 is 2.39 bits per heavy atom. The lowest BCUT2D eigenvalue weighted by Crippen LogP contribution is -2.34. The van der Waals surface area contributed by atoms with Gasteiger partial charge in [0.1, 0.15) is 11.6 Å². The largest absolute Gasteiger partial charge is 0.458 e. The number of hydrogen-bond acceptors (Lipinski definition) is 7. The van der Waals surface area contributed by atoms with E-state index in [1.807, 2.05) is 39.8 Å². The third-order valence-electron chi connectivity index (χ3n) is 5.50. The van der Waals surface area contributed by atoms with Crippen LogP contribution in [0, 0.1) is 20.8 Å². The van der Waals surface area contributed by atoms with Gasteiger partial charge in [-0.3, -0.25) is 15.3 Å². The van der Waals surface area contributed by atoms with E-state index in [0.717, 1.165) is 22.7 Å². The second-order valence-electron chi connectivity index (χ2n) is 8.27. The number of hydroxylamine groups is 1. The molecule has 0 bridgehead atoms. The number of furan rings is 1. The molecule has 0 unspecified atom stereocenters. The fourth-order valence-corrected chi connectivity index (χ4v) is 3.69. The average Bonchev–Trinajstić information content (AvgIpc) is 3.46. The summed E-state index contributed by atoms with van der Waals surface area (Å²) in [6, 6.07) is 13.5. The van der Waals surface area contributed by atoms with E-state index >= 15 is 0 Å². The monoisotopic (exact) mass is 489 g/mol. The molecule has 3 N–H and O–H groups in total. The topological polar surface area (TPSA) is 138 Å². The third-order valence-corrected chi connectivity index (χ3v) is 5.50. The summed E-state index contributed by atoms with van der Waals surface area (Å²) in [5.74, 6) is 1.72. The number of benzene rings is 1. The fourth-order valence-electron chi connectivity index (χ4n) is 3.69. The molecule has 36 heavy (non-hydrogen) atoms. The van der Waals surface area contributed by atoms with Gasteiger partial charge in [0, 0.05) is 30.4 Å². The highest BCUT2D eigenvalue weighted by Crippen LogP contribution is 2.23. The van der Waals surface area contributed by atoms with Crippen molar-refractivity contribution in [2.45, 2.75) is 34.2 Å². The first-order chi connectivity index (χ1) is 17.3. The van der Waals surface area contributed by atoms with Gasteiger partial charge >= 0.3 is 6.03 Å². The molecular weight excluding hydrogens is 462 g/mol. The van der Waals surface area contributed by atoms with Crippen molar-refractivity contribution in [1.82, 2.24) is 30.1 Å². The van der Waals surface area contributed by atoms with E-state index in [9.17, 15) is 9.59 Å². The molecule has 186 valence electrons. The van der Waals surface area contributed by atoms with Gasteiger partial charge in [0.2, 0.25) is 0 Å². The number of aryl methyl sites for hydroxylation is 3. The Bertz CT molecular complexity index is 1390. The van der Waals surface area contributed by atoms with Crippen LogP contribution in [-0.4, -0.2) is 48.3 Å². The normalized spacial score (nSPS) is 10.8. The molecular formula is C25H27N7O4. The first-order valence-electron chi connectivity index (χ1n) is 11.4. The van der Waals surface area contributed by atoms with Crippen LogP contribution >= 0.6 is 0 Å². The lowest BCUT2D eigenvalue weighted by atomic mass is 10.1. The first kappa shape index (κ1) is 24.6. The SMILES string of the molecule is CCN(Cc1ccc(C(=O)NO)cc1)C(=O)Nc1cc(-n2nc(C)cc2C)nc(-c2ccc(C)o2)n1. The summed E-state index contributed by atoms with van der Waals surface area (Å²) in [6.07, 6.45) is 0. The molecule has 0 saturated carbocycles. The van der Waals surface area contributed by atoms with E-state index in [1.54, 1.807) is 51.5 Å². The van der Waals surface area contributed by atoms with Crippen LogP contribution in [0.4, 0.5) is 10.6 Å². The molecule has 4 aromatic rings. The van der Waals surface area contributed by atoms with Gasteiger partial charge in [0.25, 0.3) is 5.91 Å². The number of nitrogens with zero attached hydrogens (tertiary/aromatic N) is 5. The zero-order valence-corrected chi connectivity index (χ0v) is 20.4. The first-order valence-corrected chi connectivity index (χ1v) is 11.4. The van der Waals surface area contributed by atoms with Gasteiger partial charge < -0.3 is 9.32 Å². The Hall–Kier alpha value is -4.51. The van der Waals surface area contributed by atoms with E-state index in [4.69, 9.17) is 9.62 Å². The summed E-state index contributed by atoms with van der Waals surface area (Å²) >= 11 is 0.